The molecule has 0 aliphatic carbocycles. The number of likely N-dealkylation sites (tertiary alicyclic amines) is 1. The van der Waals surface area contributed by atoms with Gasteiger partial charge in [0.25, 0.3) is 5.91 Å². The van der Waals surface area contributed by atoms with Crippen LogP contribution in [0.4, 0.5) is 13.2 Å². The molecule has 1 saturated heterocycles. The number of halogens is 3. The molecule has 2 N–H and O–H groups in total. The van der Waals surface area contributed by atoms with Crippen molar-refractivity contribution >= 4 is 11.8 Å². The summed E-state index contributed by atoms with van der Waals surface area (Å²) in [5.74, 6) is -1.11. The smallest absolute Gasteiger partial charge is 0.346 e. The summed E-state index contributed by atoms with van der Waals surface area (Å²) in [6, 6.07) is -0.835. The van der Waals surface area contributed by atoms with E-state index in [1.54, 1.807) is 0 Å². The van der Waals surface area contributed by atoms with Crippen molar-refractivity contribution in [1.82, 2.24) is 20.4 Å². The first kappa shape index (κ1) is 15.3. The van der Waals surface area contributed by atoms with Gasteiger partial charge in [0.15, 0.2) is 0 Å². The van der Waals surface area contributed by atoms with Crippen LogP contribution < -0.4 is 5.32 Å². The zero-order valence-corrected chi connectivity index (χ0v) is 11.3. The Morgan fingerprint density at radius 3 is 2.67 bits per heavy atom. The van der Waals surface area contributed by atoms with Crippen molar-refractivity contribution in [3.63, 3.8) is 0 Å². The number of aromatic amines is 1. The lowest BCUT2D eigenvalue weighted by Gasteiger charge is -2.40. The molecule has 9 heteroatoms. The molecule has 0 aromatic carbocycles. The van der Waals surface area contributed by atoms with Crippen LogP contribution in [0.25, 0.3) is 0 Å². The van der Waals surface area contributed by atoms with Crippen molar-refractivity contribution < 1.29 is 22.8 Å². The van der Waals surface area contributed by atoms with E-state index in [9.17, 15) is 22.8 Å². The summed E-state index contributed by atoms with van der Waals surface area (Å²) in [6.07, 6.45) is -3.12. The highest BCUT2D eigenvalue weighted by Crippen LogP contribution is 2.32. The van der Waals surface area contributed by atoms with Gasteiger partial charge < -0.3 is 10.2 Å². The summed E-state index contributed by atoms with van der Waals surface area (Å²) in [4.78, 5) is 24.0. The molecule has 0 bridgehead atoms. The average Bonchev–Trinajstić information content (AvgIpc) is 2.91. The zero-order chi connectivity index (χ0) is 15.6. The molecule has 2 unspecified atom stereocenters. The predicted octanol–water partition coefficient (Wildman–Crippen LogP) is 1.08. The predicted molar refractivity (Wildman–Crippen MR) is 66.3 cm³/mol. The Bertz CT molecular complexity index is 515. The third-order valence-corrected chi connectivity index (χ3v) is 3.44. The maximum absolute atomic E-state index is 12.9. The van der Waals surface area contributed by atoms with Crippen molar-refractivity contribution in [3.8, 4) is 0 Å². The van der Waals surface area contributed by atoms with Crippen LogP contribution in [0.1, 0.15) is 30.3 Å². The molecule has 1 aliphatic heterocycles. The van der Waals surface area contributed by atoms with Crippen LogP contribution in [0.15, 0.2) is 12.3 Å². The minimum Gasteiger partial charge on any atom is -0.346 e. The van der Waals surface area contributed by atoms with Crippen LogP contribution in [0.2, 0.25) is 0 Å². The fourth-order valence-corrected chi connectivity index (χ4v) is 2.42. The number of alkyl halides is 3. The van der Waals surface area contributed by atoms with Crippen molar-refractivity contribution in [2.75, 3.05) is 6.54 Å². The highest BCUT2D eigenvalue weighted by Gasteiger charge is 2.47. The van der Waals surface area contributed by atoms with Crippen LogP contribution in [0.5, 0.6) is 0 Å². The highest BCUT2D eigenvalue weighted by atomic mass is 19.4. The second-order valence-electron chi connectivity index (χ2n) is 4.95. The fraction of sp³-hybridized carbons (Fsp3) is 0.583. The third-order valence-electron chi connectivity index (χ3n) is 3.44. The summed E-state index contributed by atoms with van der Waals surface area (Å²) in [6.45, 7) is 0.942. The Kier molecular flexibility index (Phi) is 4.19. The largest absolute Gasteiger partial charge is 0.408 e. The van der Waals surface area contributed by atoms with Gasteiger partial charge in [0, 0.05) is 25.7 Å². The minimum atomic E-state index is -4.45. The molecule has 1 fully saturated rings. The van der Waals surface area contributed by atoms with Crippen molar-refractivity contribution in [3.05, 3.63) is 18.0 Å². The molecule has 1 aromatic rings. The highest BCUT2D eigenvalue weighted by molar-refractivity contribution is 5.92. The Morgan fingerprint density at radius 1 is 1.43 bits per heavy atom. The summed E-state index contributed by atoms with van der Waals surface area (Å²) in [5.41, 5.74) is 0.224. The van der Waals surface area contributed by atoms with E-state index in [4.69, 9.17) is 0 Å². The number of hydrogen-bond acceptors (Lipinski definition) is 3. The number of nitrogens with one attached hydrogen (secondary N) is 2. The Labute approximate surface area is 118 Å². The molecule has 2 amide bonds. The van der Waals surface area contributed by atoms with Gasteiger partial charge in [0.1, 0.15) is 11.7 Å². The average molecular weight is 304 g/mol. The first-order valence-electron chi connectivity index (χ1n) is 6.43. The van der Waals surface area contributed by atoms with Crippen LogP contribution in [0, 0.1) is 0 Å². The monoisotopic (exact) mass is 304 g/mol. The molecule has 116 valence electrons. The first-order chi connectivity index (χ1) is 9.79. The molecule has 0 saturated carbocycles. The zero-order valence-electron chi connectivity index (χ0n) is 11.3. The molecular formula is C12H15F3N4O2. The second-order valence-corrected chi connectivity index (χ2v) is 4.95. The van der Waals surface area contributed by atoms with E-state index in [1.807, 2.05) is 0 Å². The second kappa shape index (κ2) is 5.74. The molecule has 1 aromatic heterocycles. The Hall–Kier alpha value is -2.06. The van der Waals surface area contributed by atoms with Crippen molar-refractivity contribution in [2.45, 2.75) is 38.0 Å². The number of piperidine rings is 1. The topological polar surface area (TPSA) is 78.1 Å². The van der Waals surface area contributed by atoms with Gasteiger partial charge in [-0.05, 0) is 18.9 Å². The van der Waals surface area contributed by atoms with Gasteiger partial charge in [-0.2, -0.15) is 18.3 Å². The number of aromatic nitrogens is 2. The quantitative estimate of drug-likeness (QED) is 0.858. The summed E-state index contributed by atoms with van der Waals surface area (Å²) in [5, 5.41) is 8.70. The number of H-pyrrole nitrogens is 1. The fourth-order valence-electron chi connectivity index (χ4n) is 2.42. The molecular weight excluding hydrogens is 289 g/mol. The minimum absolute atomic E-state index is 0.153. The third kappa shape index (κ3) is 3.53. The van der Waals surface area contributed by atoms with Crippen molar-refractivity contribution in [1.29, 1.82) is 0 Å². The lowest BCUT2D eigenvalue weighted by Crippen LogP contribution is -2.57. The van der Waals surface area contributed by atoms with Gasteiger partial charge in [0.05, 0.1) is 0 Å². The van der Waals surface area contributed by atoms with E-state index in [0.29, 0.717) is 0 Å². The van der Waals surface area contributed by atoms with Crippen LogP contribution in [-0.4, -0.2) is 51.7 Å². The standard InChI is InChI=1S/C12H15F3N4O2/c1-7(20)19-6-8(2-3-10(19)12(13,14)15)17-11(21)9-4-5-16-18-9/h4-5,8,10H,2-3,6H2,1H3,(H,16,18)(H,17,21). The molecule has 6 nitrogen and oxygen atoms in total. The maximum Gasteiger partial charge on any atom is 0.408 e. The first-order valence-corrected chi connectivity index (χ1v) is 6.43. The number of amides is 2. The molecule has 0 radical (unpaired) electrons. The van der Waals surface area contributed by atoms with E-state index in [2.05, 4.69) is 15.5 Å². The number of carbonyl (C=O) groups excluding carboxylic acids is 2. The lowest BCUT2D eigenvalue weighted by molar-refractivity contribution is -0.196. The Morgan fingerprint density at radius 2 is 2.14 bits per heavy atom. The van der Waals surface area contributed by atoms with Crippen LogP contribution >= 0.6 is 0 Å². The van der Waals surface area contributed by atoms with Crippen molar-refractivity contribution in [2.24, 2.45) is 0 Å². The van der Waals surface area contributed by atoms with Crippen LogP contribution in [0.3, 0.4) is 0 Å². The number of carbonyl (C=O) groups is 2. The molecule has 2 atom stereocenters. The summed E-state index contributed by atoms with van der Waals surface area (Å²) >= 11 is 0. The van der Waals surface area contributed by atoms with Gasteiger partial charge in [-0.15, -0.1) is 0 Å². The van der Waals surface area contributed by atoms with E-state index in [1.165, 1.54) is 12.3 Å². The summed E-state index contributed by atoms with van der Waals surface area (Å²) < 4.78 is 38.6. The summed E-state index contributed by atoms with van der Waals surface area (Å²) in [7, 11) is 0. The van der Waals surface area contributed by atoms with E-state index in [-0.39, 0.29) is 25.1 Å². The number of rotatable bonds is 2. The van der Waals surface area contributed by atoms with Gasteiger partial charge >= 0.3 is 6.18 Å². The molecule has 2 heterocycles. The van der Waals surface area contributed by atoms with E-state index in [0.717, 1.165) is 11.8 Å². The molecule has 1 aliphatic rings. The van der Waals surface area contributed by atoms with Crippen LogP contribution in [-0.2, 0) is 4.79 Å². The molecule has 0 spiro atoms. The number of nitrogens with zero attached hydrogens (tertiary/aromatic N) is 2. The Balaban J connectivity index is 2.02. The normalized spacial score (nSPS) is 23.0. The van der Waals surface area contributed by atoms with Gasteiger partial charge in [-0.3, -0.25) is 14.7 Å². The van der Waals surface area contributed by atoms with Gasteiger partial charge in [-0.25, -0.2) is 0 Å². The van der Waals surface area contributed by atoms with Gasteiger partial charge in [-0.1, -0.05) is 0 Å². The lowest BCUT2D eigenvalue weighted by atomic mass is 9.97. The number of hydrogen-bond donors (Lipinski definition) is 2. The maximum atomic E-state index is 12.9. The van der Waals surface area contributed by atoms with Gasteiger partial charge in [0.2, 0.25) is 5.91 Å². The van der Waals surface area contributed by atoms with E-state index >= 15 is 0 Å². The molecule has 21 heavy (non-hydrogen) atoms. The SMILES string of the molecule is CC(=O)N1CC(NC(=O)c2ccn[nH]2)CCC1C(F)(F)F. The van der Waals surface area contributed by atoms with E-state index < -0.39 is 30.1 Å². The molecule has 2 rings (SSSR count).